The summed E-state index contributed by atoms with van der Waals surface area (Å²) >= 11 is 0. The zero-order valence-corrected chi connectivity index (χ0v) is 16.1. The second-order valence-corrected chi connectivity index (χ2v) is 6.22. The Labute approximate surface area is 156 Å². The van der Waals surface area contributed by atoms with E-state index < -0.39 is 0 Å². The predicted molar refractivity (Wildman–Crippen MR) is 102 cm³/mol. The van der Waals surface area contributed by atoms with Gasteiger partial charge in [0.25, 0.3) is 0 Å². The SMILES string of the molecule is CCC(CC)C(=O)N(Cc1ccc(OC)c(OC)c1)Cc1ccccn1. The molecule has 26 heavy (non-hydrogen) atoms. The highest BCUT2D eigenvalue weighted by molar-refractivity contribution is 5.78. The number of hydrogen-bond acceptors (Lipinski definition) is 4. The third-order valence-electron chi connectivity index (χ3n) is 4.55. The van der Waals surface area contributed by atoms with Crippen LogP contribution in [0.2, 0.25) is 0 Å². The van der Waals surface area contributed by atoms with E-state index in [-0.39, 0.29) is 11.8 Å². The highest BCUT2D eigenvalue weighted by Crippen LogP contribution is 2.28. The number of carbonyl (C=O) groups is 1. The van der Waals surface area contributed by atoms with Gasteiger partial charge < -0.3 is 14.4 Å². The summed E-state index contributed by atoms with van der Waals surface area (Å²) in [6.45, 7) is 5.11. The molecule has 1 aromatic carbocycles. The van der Waals surface area contributed by atoms with Crippen LogP contribution in [-0.2, 0) is 17.9 Å². The Morgan fingerprint density at radius 1 is 1.04 bits per heavy atom. The predicted octanol–water partition coefficient (Wildman–Crippen LogP) is 4.06. The second kappa shape index (κ2) is 9.80. The van der Waals surface area contributed by atoms with Crippen molar-refractivity contribution in [1.82, 2.24) is 9.88 Å². The zero-order valence-electron chi connectivity index (χ0n) is 16.1. The molecule has 0 atom stereocenters. The Morgan fingerprint density at radius 2 is 1.77 bits per heavy atom. The highest BCUT2D eigenvalue weighted by Gasteiger charge is 2.22. The lowest BCUT2D eigenvalue weighted by Gasteiger charge is -2.27. The molecule has 0 spiro atoms. The standard InChI is InChI=1S/C21H28N2O3/c1-5-17(6-2)21(24)23(15-18-9-7-8-12-22-18)14-16-10-11-19(25-3)20(13-16)26-4/h7-13,17H,5-6,14-15H2,1-4H3. The fourth-order valence-electron chi connectivity index (χ4n) is 2.99. The Kier molecular flexibility index (Phi) is 7.45. The molecule has 5 nitrogen and oxygen atoms in total. The molecule has 140 valence electrons. The molecule has 2 rings (SSSR count). The van der Waals surface area contributed by atoms with E-state index in [2.05, 4.69) is 18.8 Å². The number of ether oxygens (including phenoxy) is 2. The van der Waals surface area contributed by atoms with Crippen molar-refractivity contribution in [2.75, 3.05) is 14.2 Å². The van der Waals surface area contributed by atoms with Crippen LogP contribution in [0.5, 0.6) is 11.5 Å². The highest BCUT2D eigenvalue weighted by atomic mass is 16.5. The molecule has 1 amide bonds. The Balaban J connectivity index is 2.27. The first kappa shape index (κ1) is 19.8. The van der Waals surface area contributed by atoms with Gasteiger partial charge in [-0.25, -0.2) is 0 Å². The first-order valence-corrected chi connectivity index (χ1v) is 9.02. The van der Waals surface area contributed by atoms with E-state index in [0.29, 0.717) is 24.6 Å². The van der Waals surface area contributed by atoms with Gasteiger partial charge in [0.1, 0.15) is 0 Å². The van der Waals surface area contributed by atoms with Gasteiger partial charge in [-0.2, -0.15) is 0 Å². The van der Waals surface area contributed by atoms with Crippen LogP contribution < -0.4 is 9.47 Å². The molecule has 0 unspecified atom stereocenters. The normalized spacial score (nSPS) is 10.7. The minimum Gasteiger partial charge on any atom is -0.493 e. The van der Waals surface area contributed by atoms with Gasteiger partial charge in [-0.15, -0.1) is 0 Å². The quantitative estimate of drug-likeness (QED) is 0.680. The Hall–Kier alpha value is -2.56. The first-order chi connectivity index (χ1) is 12.6. The van der Waals surface area contributed by atoms with Crippen molar-refractivity contribution in [2.24, 2.45) is 5.92 Å². The van der Waals surface area contributed by atoms with E-state index in [1.54, 1.807) is 20.4 Å². The van der Waals surface area contributed by atoms with E-state index in [4.69, 9.17) is 9.47 Å². The summed E-state index contributed by atoms with van der Waals surface area (Å²) < 4.78 is 10.7. The van der Waals surface area contributed by atoms with Crippen molar-refractivity contribution >= 4 is 5.91 Å². The Morgan fingerprint density at radius 3 is 2.35 bits per heavy atom. The van der Waals surface area contributed by atoms with Crippen molar-refractivity contribution in [2.45, 2.75) is 39.8 Å². The number of hydrogen-bond donors (Lipinski definition) is 0. The van der Waals surface area contributed by atoms with Gasteiger partial charge in [0, 0.05) is 18.7 Å². The van der Waals surface area contributed by atoms with Gasteiger partial charge in [-0.1, -0.05) is 26.0 Å². The van der Waals surface area contributed by atoms with Gasteiger partial charge in [0.05, 0.1) is 26.5 Å². The molecular weight excluding hydrogens is 328 g/mol. The summed E-state index contributed by atoms with van der Waals surface area (Å²) in [6.07, 6.45) is 3.42. The molecule has 0 bridgehead atoms. The summed E-state index contributed by atoms with van der Waals surface area (Å²) in [5.74, 6) is 1.53. The number of benzene rings is 1. The van der Waals surface area contributed by atoms with Crippen LogP contribution >= 0.6 is 0 Å². The average Bonchev–Trinajstić information content (AvgIpc) is 2.69. The van der Waals surface area contributed by atoms with E-state index >= 15 is 0 Å². The molecule has 0 aliphatic rings. The fourth-order valence-corrected chi connectivity index (χ4v) is 2.99. The minimum atomic E-state index is 0.0267. The molecule has 0 N–H and O–H groups in total. The Bertz CT molecular complexity index is 700. The summed E-state index contributed by atoms with van der Waals surface area (Å²) in [7, 11) is 3.23. The number of rotatable bonds is 9. The smallest absolute Gasteiger partial charge is 0.226 e. The molecule has 0 saturated heterocycles. The van der Waals surface area contributed by atoms with Crippen LogP contribution in [0.15, 0.2) is 42.6 Å². The molecule has 2 aromatic rings. The summed E-state index contributed by atoms with van der Waals surface area (Å²) in [5.41, 5.74) is 1.88. The zero-order chi connectivity index (χ0) is 18.9. The van der Waals surface area contributed by atoms with Gasteiger partial charge >= 0.3 is 0 Å². The average molecular weight is 356 g/mol. The van der Waals surface area contributed by atoms with Gasteiger partial charge in [0.15, 0.2) is 11.5 Å². The van der Waals surface area contributed by atoms with E-state index in [9.17, 15) is 4.79 Å². The lowest BCUT2D eigenvalue weighted by atomic mass is 10.0. The van der Waals surface area contributed by atoms with E-state index in [1.165, 1.54) is 0 Å². The monoisotopic (exact) mass is 356 g/mol. The van der Waals surface area contributed by atoms with E-state index in [0.717, 1.165) is 24.1 Å². The van der Waals surface area contributed by atoms with Crippen molar-refractivity contribution in [3.05, 3.63) is 53.9 Å². The van der Waals surface area contributed by atoms with Crippen molar-refractivity contribution in [3.63, 3.8) is 0 Å². The first-order valence-electron chi connectivity index (χ1n) is 9.02. The van der Waals surface area contributed by atoms with E-state index in [1.807, 2.05) is 41.3 Å². The molecule has 1 heterocycles. The molecular formula is C21H28N2O3. The maximum atomic E-state index is 13.0. The third kappa shape index (κ3) is 4.97. The third-order valence-corrected chi connectivity index (χ3v) is 4.55. The van der Waals surface area contributed by atoms with Crippen LogP contribution in [0.1, 0.15) is 37.9 Å². The number of nitrogens with zero attached hydrogens (tertiary/aromatic N) is 2. The summed E-state index contributed by atoms with van der Waals surface area (Å²) in [4.78, 5) is 19.3. The van der Waals surface area contributed by atoms with Gasteiger partial charge in [0.2, 0.25) is 5.91 Å². The van der Waals surface area contributed by atoms with Crippen LogP contribution in [0, 0.1) is 5.92 Å². The largest absolute Gasteiger partial charge is 0.493 e. The molecule has 0 radical (unpaired) electrons. The molecule has 0 saturated carbocycles. The number of methoxy groups -OCH3 is 2. The van der Waals surface area contributed by atoms with Gasteiger partial charge in [-0.05, 0) is 42.7 Å². The van der Waals surface area contributed by atoms with Crippen LogP contribution in [0.4, 0.5) is 0 Å². The second-order valence-electron chi connectivity index (χ2n) is 6.22. The summed E-state index contributed by atoms with van der Waals surface area (Å²) in [5, 5.41) is 0. The fraction of sp³-hybridized carbons (Fsp3) is 0.429. The number of pyridine rings is 1. The van der Waals surface area contributed by atoms with Crippen LogP contribution in [0.25, 0.3) is 0 Å². The number of carbonyl (C=O) groups excluding carboxylic acids is 1. The lowest BCUT2D eigenvalue weighted by molar-refractivity contribution is -0.137. The van der Waals surface area contributed by atoms with Crippen molar-refractivity contribution in [1.29, 1.82) is 0 Å². The number of aromatic nitrogens is 1. The maximum Gasteiger partial charge on any atom is 0.226 e. The molecule has 0 fully saturated rings. The number of amides is 1. The van der Waals surface area contributed by atoms with Crippen LogP contribution in [0.3, 0.4) is 0 Å². The topological polar surface area (TPSA) is 51.7 Å². The molecule has 0 aliphatic carbocycles. The molecule has 1 aromatic heterocycles. The van der Waals surface area contributed by atoms with Crippen molar-refractivity contribution < 1.29 is 14.3 Å². The van der Waals surface area contributed by atoms with Crippen LogP contribution in [-0.4, -0.2) is 30.0 Å². The summed E-state index contributed by atoms with van der Waals surface area (Å²) in [6, 6.07) is 11.5. The molecule has 5 heteroatoms. The van der Waals surface area contributed by atoms with Gasteiger partial charge in [-0.3, -0.25) is 9.78 Å². The lowest BCUT2D eigenvalue weighted by Crippen LogP contribution is -2.35. The maximum absolute atomic E-state index is 13.0. The minimum absolute atomic E-state index is 0.0267. The van der Waals surface area contributed by atoms with Crippen molar-refractivity contribution in [3.8, 4) is 11.5 Å². The molecule has 0 aliphatic heterocycles.